The van der Waals surface area contributed by atoms with E-state index in [0.29, 0.717) is 18.2 Å². The molecule has 0 spiro atoms. The van der Waals surface area contributed by atoms with Gasteiger partial charge in [-0.15, -0.1) is 10.2 Å². The zero-order valence-corrected chi connectivity index (χ0v) is 14.9. The van der Waals surface area contributed by atoms with E-state index in [1.807, 2.05) is 40.8 Å². The first-order valence-electron chi connectivity index (χ1n) is 7.61. The van der Waals surface area contributed by atoms with Crippen LogP contribution in [0, 0.1) is 22.7 Å². The van der Waals surface area contributed by atoms with Crippen molar-refractivity contribution in [3.05, 3.63) is 24.3 Å². The van der Waals surface area contributed by atoms with Gasteiger partial charge in [-0.2, -0.15) is 10.5 Å². The smallest absolute Gasteiger partial charge is 0.233 e. The molecular weight excluding hydrogens is 356 g/mol. The van der Waals surface area contributed by atoms with Gasteiger partial charge < -0.3 is 4.90 Å². The lowest BCUT2D eigenvalue weighted by atomic mass is 10.3. The number of carbonyl (C=O) groups is 1. The van der Waals surface area contributed by atoms with Crippen molar-refractivity contribution < 1.29 is 4.79 Å². The van der Waals surface area contributed by atoms with Crippen molar-refractivity contribution in [2.24, 2.45) is 0 Å². The minimum Gasteiger partial charge on any atom is -0.340 e. The molecule has 0 fully saturated rings. The standard InChI is InChI=1S/C16H14N6OS2/c17-7-3-9-21(10-4-8-18)14(23)11-24-15-19-20-16-22(15)12-5-1-2-6-13(12)25-16/h1-2,5-6H,3-4,9-11H2. The minimum atomic E-state index is -0.105. The molecule has 126 valence electrons. The molecule has 0 bridgehead atoms. The highest BCUT2D eigenvalue weighted by molar-refractivity contribution is 7.99. The van der Waals surface area contributed by atoms with Gasteiger partial charge in [0.1, 0.15) is 0 Å². The van der Waals surface area contributed by atoms with Crippen molar-refractivity contribution in [2.75, 3.05) is 18.8 Å². The topological polar surface area (TPSA) is 98.1 Å². The average Bonchev–Trinajstić information content (AvgIpc) is 3.19. The van der Waals surface area contributed by atoms with Gasteiger partial charge in [-0.25, -0.2) is 0 Å². The Morgan fingerprint density at radius 3 is 2.64 bits per heavy atom. The normalized spacial score (nSPS) is 10.6. The summed E-state index contributed by atoms with van der Waals surface area (Å²) >= 11 is 2.87. The second-order valence-corrected chi connectivity index (χ2v) is 7.11. The number of thiazole rings is 1. The predicted octanol–water partition coefficient (Wildman–Crippen LogP) is 2.69. The number of carbonyl (C=O) groups excluding carboxylic acids is 1. The van der Waals surface area contributed by atoms with Gasteiger partial charge in [-0.1, -0.05) is 35.2 Å². The molecule has 3 rings (SSSR count). The van der Waals surface area contributed by atoms with E-state index < -0.39 is 0 Å². The van der Waals surface area contributed by atoms with Crippen LogP contribution in [0.1, 0.15) is 12.8 Å². The SMILES string of the molecule is N#CCCN(CCC#N)C(=O)CSc1nnc2sc3ccccc3n12. The molecule has 0 saturated carbocycles. The molecule has 0 atom stereocenters. The summed E-state index contributed by atoms with van der Waals surface area (Å²) in [6.45, 7) is 0.683. The Hall–Kier alpha value is -2.62. The summed E-state index contributed by atoms with van der Waals surface area (Å²) in [4.78, 5) is 14.8. The molecule has 1 amide bonds. The highest BCUT2D eigenvalue weighted by Gasteiger charge is 2.17. The maximum atomic E-state index is 12.4. The number of nitrogens with zero attached hydrogens (tertiary/aromatic N) is 6. The number of nitriles is 2. The molecule has 2 heterocycles. The van der Waals surface area contributed by atoms with Gasteiger partial charge >= 0.3 is 0 Å². The first-order chi connectivity index (χ1) is 12.2. The third kappa shape index (κ3) is 3.73. The first kappa shape index (κ1) is 17.2. The fourth-order valence-corrected chi connectivity index (χ4v) is 4.27. The Morgan fingerprint density at radius 1 is 1.20 bits per heavy atom. The lowest BCUT2D eigenvalue weighted by Gasteiger charge is -2.19. The van der Waals surface area contributed by atoms with Crippen LogP contribution in [-0.4, -0.2) is 44.2 Å². The molecule has 9 heteroatoms. The third-order valence-corrected chi connectivity index (χ3v) is 5.50. The average molecular weight is 370 g/mol. The summed E-state index contributed by atoms with van der Waals surface area (Å²) in [5.41, 5.74) is 1.02. The summed E-state index contributed by atoms with van der Waals surface area (Å²) < 4.78 is 3.07. The van der Waals surface area contributed by atoms with Crippen molar-refractivity contribution in [3.63, 3.8) is 0 Å². The monoisotopic (exact) mass is 370 g/mol. The van der Waals surface area contributed by atoms with Gasteiger partial charge in [0.2, 0.25) is 10.9 Å². The second kappa shape index (κ2) is 7.97. The van der Waals surface area contributed by atoms with Gasteiger partial charge in [-0.3, -0.25) is 9.20 Å². The van der Waals surface area contributed by atoms with Crippen LogP contribution in [0.15, 0.2) is 29.4 Å². The number of amides is 1. The van der Waals surface area contributed by atoms with Gasteiger partial charge in [0.15, 0.2) is 5.16 Å². The van der Waals surface area contributed by atoms with Crippen LogP contribution in [0.4, 0.5) is 0 Å². The van der Waals surface area contributed by atoms with Gasteiger partial charge in [-0.05, 0) is 12.1 Å². The van der Waals surface area contributed by atoms with Crippen molar-refractivity contribution in [3.8, 4) is 12.1 Å². The number of benzene rings is 1. The Balaban J connectivity index is 1.74. The van der Waals surface area contributed by atoms with Crippen molar-refractivity contribution in [2.45, 2.75) is 18.0 Å². The molecule has 25 heavy (non-hydrogen) atoms. The lowest BCUT2D eigenvalue weighted by molar-refractivity contribution is -0.128. The number of hydrogen-bond acceptors (Lipinski definition) is 7. The maximum absolute atomic E-state index is 12.4. The molecule has 0 N–H and O–H groups in total. The molecule has 0 radical (unpaired) electrons. The van der Waals surface area contributed by atoms with Crippen molar-refractivity contribution in [1.82, 2.24) is 19.5 Å². The summed E-state index contributed by atoms with van der Waals surface area (Å²) in [5.74, 6) is 0.0914. The quantitative estimate of drug-likeness (QED) is 0.593. The Bertz CT molecular complexity index is 962. The molecule has 0 unspecified atom stereocenters. The van der Waals surface area contributed by atoms with E-state index in [-0.39, 0.29) is 24.5 Å². The number of para-hydroxylation sites is 1. The van der Waals surface area contributed by atoms with E-state index in [9.17, 15) is 4.79 Å². The molecule has 0 aliphatic carbocycles. The summed E-state index contributed by atoms with van der Waals surface area (Å²) in [6.07, 6.45) is 0.512. The van der Waals surface area contributed by atoms with E-state index in [1.54, 1.807) is 16.2 Å². The van der Waals surface area contributed by atoms with Gasteiger partial charge in [0.25, 0.3) is 0 Å². The largest absolute Gasteiger partial charge is 0.340 e. The van der Waals surface area contributed by atoms with Crippen LogP contribution in [0.2, 0.25) is 0 Å². The number of aromatic nitrogens is 3. The van der Waals surface area contributed by atoms with Gasteiger partial charge in [0, 0.05) is 13.1 Å². The van der Waals surface area contributed by atoms with Crippen LogP contribution in [0.5, 0.6) is 0 Å². The van der Waals surface area contributed by atoms with E-state index in [2.05, 4.69) is 10.2 Å². The van der Waals surface area contributed by atoms with E-state index in [0.717, 1.165) is 15.2 Å². The number of thioether (sulfide) groups is 1. The van der Waals surface area contributed by atoms with Crippen LogP contribution in [0.25, 0.3) is 15.2 Å². The second-order valence-electron chi connectivity index (χ2n) is 5.16. The van der Waals surface area contributed by atoms with Crippen LogP contribution < -0.4 is 0 Å². The Labute approximate surface area is 152 Å². The molecule has 2 aromatic heterocycles. The molecule has 7 nitrogen and oxygen atoms in total. The molecule has 0 aliphatic rings. The number of rotatable bonds is 7. The van der Waals surface area contributed by atoms with Crippen LogP contribution in [-0.2, 0) is 4.79 Å². The van der Waals surface area contributed by atoms with E-state index >= 15 is 0 Å². The molecular formula is C16H14N6OS2. The molecule has 0 saturated heterocycles. The highest BCUT2D eigenvalue weighted by atomic mass is 32.2. The van der Waals surface area contributed by atoms with Crippen LogP contribution >= 0.6 is 23.1 Å². The third-order valence-electron chi connectivity index (χ3n) is 3.58. The molecule has 1 aromatic carbocycles. The summed E-state index contributed by atoms with van der Waals surface area (Å²) in [5, 5.41) is 26.5. The van der Waals surface area contributed by atoms with Crippen LogP contribution in [0.3, 0.4) is 0 Å². The minimum absolute atomic E-state index is 0.105. The lowest BCUT2D eigenvalue weighted by Crippen LogP contribution is -2.34. The first-order valence-corrected chi connectivity index (χ1v) is 9.42. The molecule has 0 aliphatic heterocycles. The van der Waals surface area contributed by atoms with Crippen molar-refractivity contribution >= 4 is 44.2 Å². The van der Waals surface area contributed by atoms with E-state index in [4.69, 9.17) is 10.5 Å². The fraction of sp³-hybridized carbons (Fsp3) is 0.312. The highest BCUT2D eigenvalue weighted by Crippen LogP contribution is 2.29. The van der Waals surface area contributed by atoms with Gasteiger partial charge in [0.05, 0.1) is 40.9 Å². The predicted molar refractivity (Wildman–Crippen MR) is 96.1 cm³/mol. The molecule has 3 aromatic rings. The zero-order valence-electron chi connectivity index (χ0n) is 13.3. The summed E-state index contributed by atoms with van der Waals surface area (Å²) in [7, 11) is 0. The zero-order chi connectivity index (χ0) is 17.6. The Morgan fingerprint density at radius 2 is 1.92 bits per heavy atom. The number of hydrogen-bond donors (Lipinski definition) is 0. The fourth-order valence-electron chi connectivity index (χ4n) is 2.40. The Kier molecular flexibility index (Phi) is 5.49. The summed E-state index contributed by atoms with van der Waals surface area (Å²) in [6, 6.07) is 12.0. The van der Waals surface area contributed by atoms with Crippen molar-refractivity contribution in [1.29, 1.82) is 10.5 Å². The van der Waals surface area contributed by atoms with E-state index in [1.165, 1.54) is 11.8 Å². The maximum Gasteiger partial charge on any atom is 0.233 e. The number of fused-ring (bicyclic) bond motifs is 3.